The lowest BCUT2D eigenvalue weighted by Crippen LogP contribution is -2.03. The second-order valence-corrected chi connectivity index (χ2v) is 4.10. The molecule has 2 aromatic heterocycles. The van der Waals surface area contributed by atoms with Gasteiger partial charge in [-0.25, -0.2) is 9.37 Å². The molecule has 4 nitrogen and oxygen atoms in total. The van der Waals surface area contributed by atoms with Gasteiger partial charge in [-0.1, -0.05) is 0 Å². The van der Waals surface area contributed by atoms with E-state index in [9.17, 15) is 14.3 Å². The Hall–Kier alpha value is -2.69. The normalized spacial score (nSPS) is 10.8. The van der Waals surface area contributed by atoms with E-state index in [4.69, 9.17) is 0 Å². The number of H-pyrrole nitrogens is 1. The number of hydrogen-bond donors (Lipinski definition) is 2. The summed E-state index contributed by atoms with van der Waals surface area (Å²) < 4.78 is 13.7. The third kappa shape index (κ3) is 1.85. The lowest BCUT2D eigenvalue weighted by atomic mass is 10.0. The fourth-order valence-electron chi connectivity index (χ4n) is 1.98. The topological polar surface area (TPSA) is 66.0 Å². The maximum Gasteiger partial charge on any atom is 0.198 e. The van der Waals surface area contributed by atoms with E-state index in [0.717, 1.165) is 12.1 Å². The molecule has 2 heterocycles. The van der Waals surface area contributed by atoms with Crippen molar-refractivity contribution in [3.63, 3.8) is 0 Å². The summed E-state index contributed by atoms with van der Waals surface area (Å²) in [5, 5.41) is 9.98. The summed E-state index contributed by atoms with van der Waals surface area (Å²) in [6.45, 7) is 0. The number of carbonyl (C=O) groups excluding carboxylic acids is 1. The van der Waals surface area contributed by atoms with Crippen LogP contribution in [0.4, 0.5) is 4.39 Å². The first-order valence-electron chi connectivity index (χ1n) is 5.62. The molecule has 0 aliphatic heterocycles. The second-order valence-electron chi connectivity index (χ2n) is 4.10. The van der Waals surface area contributed by atoms with Gasteiger partial charge in [0.25, 0.3) is 0 Å². The van der Waals surface area contributed by atoms with E-state index in [-0.39, 0.29) is 11.3 Å². The minimum atomic E-state index is -0.666. The summed E-state index contributed by atoms with van der Waals surface area (Å²) in [6.07, 6.45) is 3.09. The monoisotopic (exact) mass is 256 g/mol. The Morgan fingerprint density at radius 2 is 2.11 bits per heavy atom. The summed E-state index contributed by atoms with van der Waals surface area (Å²) in [6, 6.07) is 6.81. The summed E-state index contributed by atoms with van der Waals surface area (Å²) >= 11 is 0. The average Bonchev–Trinajstić information content (AvgIpc) is 2.84. The van der Waals surface area contributed by atoms with E-state index in [1.54, 1.807) is 18.3 Å². The van der Waals surface area contributed by atoms with Crippen LogP contribution in [0.5, 0.6) is 5.75 Å². The van der Waals surface area contributed by atoms with E-state index < -0.39 is 11.6 Å². The zero-order valence-corrected chi connectivity index (χ0v) is 9.72. The Kier molecular flexibility index (Phi) is 2.52. The SMILES string of the molecule is O=C(c1cc(O)ccc1F)c1c[nH]c2ncccc12. The van der Waals surface area contributed by atoms with Crippen LogP contribution < -0.4 is 0 Å². The fourth-order valence-corrected chi connectivity index (χ4v) is 1.98. The summed E-state index contributed by atoms with van der Waals surface area (Å²) in [5.41, 5.74) is 0.726. The van der Waals surface area contributed by atoms with Gasteiger partial charge in [-0.05, 0) is 30.3 Å². The molecule has 3 aromatic rings. The van der Waals surface area contributed by atoms with Gasteiger partial charge in [-0.3, -0.25) is 4.79 Å². The van der Waals surface area contributed by atoms with E-state index in [0.29, 0.717) is 16.6 Å². The van der Waals surface area contributed by atoms with Crippen molar-refractivity contribution >= 4 is 16.8 Å². The number of phenolic OH excluding ortho intramolecular Hbond substituents is 1. The maximum atomic E-state index is 13.7. The molecule has 5 heteroatoms. The number of benzene rings is 1. The Labute approximate surface area is 107 Å². The lowest BCUT2D eigenvalue weighted by molar-refractivity contribution is 0.103. The first kappa shape index (κ1) is 11.4. The van der Waals surface area contributed by atoms with Gasteiger partial charge in [0, 0.05) is 23.3 Å². The molecule has 0 aliphatic rings. The molecule has 0 saturated heterocycles. The molecule has 1 aromatic carbocycles. The number of aromatic amines is 1. The lowest BCUT2D eigenvalue weighted by Gasteiger charge is -2.02. The van der Waals surface area contributed by atoms with Gasteiger partial charge in [-0.15, -0.1) is 0 Å². The van der Waals surface area contributed by atoms with Crippen molar-refractivity contribution in [3.05, 3.63) is 59.7 Å². The molecule has 0 aliphatic carbocycles. The van der Waals surface area contributed by atoms with Crippen molar-refractivity contribution in [1.82, 2.24) is 9.97 Å². The number of pyridine rings is 1. The molecular formula is C14H9FN2O2. The van der Waals surface area contributed by atoms with Crippen LogP contribution in [-0.2, 0) is 0 Å². The number of rotatable bonds is 2. The van der Waals surface area contributed by atoms with Gasteiger partial charge in [0.1, 0.15) is 17.2 Å². The number of carbonyl (C=O) groups is 1. The van der Waals surface area contributed by atoms with Crippen LogP contribution in [-0.4, -0.2) is 20.9 Å². The second kappa shape index (κ2) is 4.20. The number of nitrogens with one attached hydrogen (secondary N) is 1. The Balaban J connectivity index is 2.16. The van der Waals surface area contributed by atoms with E-state index in [2.05, 4.69) is 9.97 Å². The molecule has 94 valence electrons. The Morgan fingerprint density at radius 1 is 1.26 bits per heavy atom. The number of phenols is 1. The van der Waals surface area contributed by atoms with Crippen molar-refractivity contribution < 1.29 is 14.3 Å². The van der Waals surface area contributed by atoms with Crippen molar-refractivity contribution in [2.75, 3.05) is 0 Å². The van der Waals surface area contributed by atoms with Crippen LogP contribution in [0.3, 0.4) is 0 Å². The smallest absolute Gasteiger partial charge is 0.198 e. The van der Waals surface area contributed by atoms with Crippen molar-refractivity contribution in [3.8, 4) is 5.75 Å². The third-order valence-electron chi connectivity index (χ3n) is 2.89. The quantitative estimate of drug-likeness (QED) is 0.693. The van der Waals surface area contributed by atoms with Crippen LogP contribution in [0.1, 0.15) is 15.9 Å². The number of aromatic hydroxyl groups is 1. The summed E-state index contributed by atoms with van der Waals surface area (Å²) in [4.78, 5) is 19.2. The highest BCUT2D eigenvalue weighted by Crippen LogP contribution is 2.23. The first-order chi connectivity index (χ1) is 9.16. The summed E-state index contributed by atoms with van der Waals surface area (Å²) in [7, 11) is 0. The number of ketones is 1. The van der Waals surface area contributed by atoms with Crippen molar-refractivity contribution in [2.24, 2.45) is 0 Å². The van der Waals surface area contributed by atoms with Crippen LogP contribution in [0.25, 0.3) is 11.0 Å². The van der Waals surface area contributed by atoms with Crippen LogP contribution >= 0.6 is 0 Å². The number of fused-ring (bicyclic) bond motifs is 1. The molecule has 0 radical (unpaired) electrons. The van der Waals surface area contributed by atoms with E-state index in [1.807, 2.05) is 0 Å². The van der Waals surface area contributed by atoms with Crippen LogP contribution in [0.2, 0.25) is 0 Å². The maximum absolute atomic E-state index is 13.7. The molecule has 2 N–H and O–H groups in total. The van der Waals surface area contributed by atoms with Gasteiger partial charge >= 0.3 is 0 Å². The van der Waals surface area contributed by atoms with Gasteiger partial charge in [0.15, 0.2) is 5.78 Å². The van der Waals surface area contributed by atoms with Crippen LogP contribution in [0.15, 0.2) is 42.7 Å². The van der Waals surface area contributed by atoms with Gasteiger partial charge < -0.3 is 10.1 Å². The predicted molar refractivity (Wildman–Crippen MR) is 67.6 cm³/mol. The molecule has 0 bridgehead atoms. The fraction of sp³-hybridized carbons (Fsp3) is 0. The minimum absolute atomic E-state index is 0.150. The van der Waals surface area contributed by atoms with Crippen LogP contribution in [0, 0.1) is 5.82 Å². The number of halogens is 1. The summed E-state index contributed by atoms with van der Waals surface area (Å²) in [5.74, 6) is -1.31. The largest absolute Gasteiger partial charge is 0.508 e. The van der Waals surface area contributed by atoms with E-state index >= 15 is 0 Å². The van der Waals surface area contributed by atoms with Gasteiger partial charge in [-0.2, -0.15) is 0 Å². The zero-order chi connectivity index (χ0) is 13.4. The molecule has 0 amide bonds. The minimum Gasteiger partial charge on any atom is -0.508 e. The molecule has 0 fully saturated rings. The zero-order valence-electron chi connectivity index (χ0n) is 9.72. The molecule has 19 heavy (non-hydrogen) atoms. The molecule has 0 unspecified atom stereocenters. The highest BCUT2D eigenvalue weighted by atomic mass is 19.1. The van der Waals surface area contributed by atoms with Gasteiger partial charge in [0.05, 0.1) is 5.56 Å². The molecule has 3 rings (SSSR count). The number of nitrogens with zero attached hydrogens (tertiary/aromatic N) is 1. The van der Waals surface area contributed by atoms with E-state index in [1.165, 1.54) is 12.3 Å². The van der Waals surface area contributed by atoms with Crippen molar-refractivity contribution in [2.45, 2.75) is 0 Å². The highest BCUT2D eigenvalue weighted by molar-refractivity contribution is 6.16. The predicted octanol–water partition coefficient (Wildman–Crippen LogP) is 2.64. The Morgan fingerprint density at radius 3 is 2.95 bits per heavy atom. The molecule has 0 spiro atoms. The Bertz CT molecular complexity index is 780. The number of hydrogen-bond acceptors (Lipinski definition) is 3. The van der Waals surface area contributed by atoms with Crippen molar-refractivity contribution in [1.29, 1.82) is 0 Å². The molecule has 0 atom stereocenters. The molecular weight excluding hydrogens is 247 g/mol. The standard InChI is InChI=1S/C14H9FN2O2/c15-12-4-3-8(18)6-10(12)13(19)11-7-17-14-9(11)2-1-5-16-14/h1-7,18H,(H,16,17). The number of aromatic nitrogens is 2. The highest BCUT2D eigenvalue weighted by Gasteiger charge is 2.18. The average molecular weight is 256 g/mol. The first-order valence-corrected chi connectivity index (χ1v) is 5.62. The third-order valence-corrected chi connectivity index (χ3v) is 2.89. The van der Waals surface area contributed by atoms with Gasteiger partial charge in [0.2, 0.25) is 0 Å². The molecule has 0 saturated carbocycles.